The first-order valence-corrected chi connectivity index (χ1v) is 16.1. The van der Waals surface area contributed by atoms with Gasteiger partial charge in [0.2, 0.25) is 0 Å². The second-order valence-electron chi connectivity index (χ2n) is 11.4. The van der Waals surface area contributed by atoms with Crippen LogP contribution in [0.15, 0.2) is 121 Å². The number of fused-ring (bicyclic) bond motifs is 7. The van der Waals surface area contributed by atoms with E-state index in [1.54, 1.807) is 12.2 Å². The molecule has 1 aliphatic carbocycles. The minimum Gasteiger partial charge on any atom is -0.494 e. The first kappa shape index (κ1) is 31.7. The molecule has 0 aromatic heterocycles. The van der Waals surface area contributed by atoms with Gasteiger partial charge >= 0.3 is 11.9 Å². The van der Waals surface area contributed by atoms with Crippen LogP contribution in [-0.4, -0.2) is 44.5 Å². The third-order valence-corrected chi connectivity index (χ3v) is 8.19. The summed E-state index contributed by atoms with van der Waals surface area (Å²) in [4.78, 5) is 24.4. The van der Waals surface area contributed by atoms with E-state index in [4.69, 9.17) is 23.7 Å². The van der Waals surface area contributed by atoms with E-state index in [0.29, 0.717) is 42.5 Å². The Hall–Kier alpha value is -5.30. The number of carbonyl (C=O) groups excluding carboxylic acids is 2. The standard InChI is InChI=1S/C40H38O7/c1-2-37(41)44-25-10-4-3-9-24-43-31-15-11-14-30(18-21-31)40(42)47-32-26-45-35-22-19-28-12-5-7-16-33(28)38(35)39-34-17-8-6-13-29(34)20-23-36(39)46-27-32/h2,5-8,12-23,32H,1,3-4,9-11,24-27H2. The molecule has 0 saturated heterocycles. The highest BCUT2D eigenvalue weighted by Crippen LogP contribution is 2.46. The molecule has 4 aromatic rings. The molecule has 47 heavy (non-hydrogen) atoms. The van der Waals surface area contributed by atoms with Crippen molar-refractivity contribution in [1.82, 2.24) is 0 Å². The summed E-state index contributed by atoms with van der Waals surface area (Å²) in [7, 11) is 0. The number of ether oxygens (including phenoxy) is 5. The maximum Gasteiger partial charge on any atom is 0.338 e. The van der Waals surface area contributed by atoms with E-state index in [9.17, 15) is 9.59 Å². The van der Waals surface area contributed by atoms with Crippen molar-refractivity contribution in [3.63, 3.8) is 0 Å². The topological polar surface area (TPSA) is 80.3 Å². The van der Waals surface area contributed by atoms with Crippen LogP contribution in [0.1, 0.15) is 32.1 Å². The Kier molecular flexibility index (Phi) is 10.3. The van der Waals surface area contributed by atoms with Crippen LogP contribution in [0.25, 0.3) is 32.7 Å². The third kappa shape index (κ3) is 7.75. The smallest absolute Gasteiger partial charge is 0.338 e. The van der Waals surface area contributed by atoms with Gasteiger partial charge in [-0.1, -0.05) is 73.3 Å². The lowest BCUT2D eigenvalue weighted by atomic mass is 9.92. The van der Waals surface area contributed by atoms with Crippen LogP contribution in [0.5, 0.6) is 11.5 Å². The zero-order chi connectivity index (χ0) is 32.4. The summed E-state index contributed by atoms with van der Waals surface area (Å²) in [5.41, 5.74) is 2.37. The lowest BCUT2D eigenvalue weighted by Crippen LogP contribution is -2.31. The van der Waals surface area contributed by atoms with Crippen LogP contribution in [0.4, 0.5) is 0 Å². The molecule has 2 aliphatic rings. The highest BCUT2D eigenvalue weighted by atomic mass is 16.6. The fraction of sp³-hybridized carbons (Fsp3) is 0.250. The monoisotopic (exact) mass is 630 g/mol. The number of unbranched alkanes of at least 4 members (excludes halogenated alkanes) is 3. The van der Waals surface area contributed by atoms with Crippen molar-refractivity contribution in [3.05, 3.63) is 121 Å². The van der Waals surface area contributed by atoms with Gasteiger partial charge in [0.15, 0.2) is 6.10 Å². The lowest BCUT2D eigenvalue weighted by Gasteiger charge is -2.18. The van der Waals surface area contributed by atoms with E-state index in [1.807, 2.05) is 48.6 Å². The van der Waals surface area contributed by atoms with Crippen LogP contribution < -0.4 is 9.47 Å². The number of allylic oxidation sites excluding steroid dienone is 3. The predicted molar refractivity (Wildman–Crippen MR) is 183 cm³/mol. The number of hydrogen-bond donors (Lipinski definition) is 0. The van der Waals surface area contributed by atoms with Crippen LogP contribution in [0.3, 0.4) is 0 Å². The Labute approximate surface area is 274 Å². The molecule has 1 aliphatic heterocycles. The fourth-order valence-corrected chi connectivity index (χ4v) is 5.81. The molecule has 6 rings (SSSR count). The van der Waals surface area contributed by atoms with E-state index < -0.39 is 18.0 Å². The highest BCUT2D eigenvalue weighted by molar-refractivity contribution is 6.09. The molecule has 0 N–H and O–H groups in total. The molecule has 0 amide bonds. The van der Waals surface area contributed by atoms with Gasteiger partial charge in [-0.3, -0.25) is 0 Å². The van der Waals surface area contributed by atoms with Crippen molar-refractivity contribution in [2.45, 2.75) is 38.2 Å². The van der Waals surface area contributed by atoms with Gasteiger partial charge < -0.3 is 23.7 Å². The van der Waals surface area contributed by atoms with Crippen molar-refractivity contribution in [1.29, 1.82) is 0 Å². The van der Waals surface area contributed by atoms with E-state index in [-0.39, 0.29) is 13.2 Å². The van der Waals surface area contributed by atoms with Crippen LogP contribution in [0, 0.1) is 0 Å². The molecule has 0 atom stereocenters. The van der Waals surface area contributed by atoms with Crippen molar-refractivity contribution in [2.24, 2.45) is 0 Å². The predicted octanol–water partition coefficient (Wildman–Crippen LogP) is 8.42. The maximum absolute atomic E-state index is 13.3. The summed E-state index contributed by atoms with van der Waals surface area (Å²) in [6.07, 6.45) is 12.0. The first-order valence-electron chi connectivity index (χ1n) is 16.1. The highest BCUT2D eigenvalue weighted by Gasteiger charge is 2.25. The Morgan fingerprint density at radius 3 is 2.00 bits per heavy atom. The molecule has 0 saturated carbocycles. The largest absolute Gasteiger partial charge is 0.494 e. The summed E-state index contributed by atoms with van der Waals surface area (Å²) < 4.78 is 29.7. The fourth-order valence-electron chi connectivity index (χ4n) is 5.81. The van der Waals surface area contributed by atoms with Crippen molar-refractivity contribution < 1.29 is 33.3 Å². The molecular weight excluding hydrogens is 592 g/mol. The first-order chi connectivity index (χ1) is 23.1. The van der Waals surface area contributed by atoms with E-state index in [0.717, 1.165) is 58.4 Å². The Morgan fingerprint density at radius 1 is 0.745 bits per heavy atom. The zero-order valence-electron chi connectivity index (χ0n) is 26.3. The number of rotatable bonds is 11. The SMILES string of the molecule is C=CC(=O)OCCCCCCOC1=CCC=C(C(=O)OC2COc3ccc4ccccc4c3-c3c(ccc4ccccc34)OC2)C=C1. The Balaban J connectivity index is 1.10. The average molecular weight is 631 g/mol. The van der Waals surface area contributed by atoms with Crippen molar-refractivity contribution in [3.8, 4) is 22.6 Å². The molecular formula is C40H38O7. The summed E-state index contributed by atoms with van der Waals surface area (Å²) in [6.45, 7) is 4.64. The lowest BCUT2D eigenvalue weighted by molar-refractivity contribution is -0.147. The van der Waals surface area contributed by atoms with Gasteiger partial charge in [-0.05, 0) is 84.0 Å². The van der Waals surface area contributed by atoms with E-state index in [1.165, 1.54) is 6.08 Å². The number of hydrogen-bond acceptors (Lipinski definition) is 7. The molecule has 0 radical (unpaired) electrons. The Bertz CT molecular complexity index is 1780. The minimum atomic E-state index is -0.638. The van der Waals surface area contributed by atoms with Crippen LogP contribution in [0.2, 0.25) is 0 Å². The van der Waals surface area contributed by atoms with Gasteiger partial charge in [0, 0.05) is 17.2 Å². The minimum absolute atomic E-state index is 0.142. The summed E-state index contributed by atoms with van der Waals surface area (Å²) >= 11 is 0. The van der Waals surface area contributed by atoms with Gasteiger partial charge in [-0.25, -0.2) is 9.59 Å². The number of esters is 2. The molecule has 0 fully saturated rings. The Morgan fingerprint density at radius 2 is 1.36 bits per heavy atom. The van der Waals surface area contributed by atoms with Crippen molar-refractivity contribution >= 4 is 33.5 Å². The molecule has 0 unspecified atom stereocenters. The number of benzene rings is 4. The summed E-state index contributed by atoms with van der Waals surface area (Å²) in [5, 5.41) is 4.33. The van der Waals surface area contributed by atoms with Gasteiger partial charge in [0.25, 0.3) is 0 Å². The quantitative estimate of drug-likeness (QED) is 0.0935. The molecule has 4 aromatic carbocycles. The molecule has 7 nitrogen and oxygen atoms in total. The summed E-state index contributed by atoms with van der Waals surface area (Å²) in [6, 6.07) is 24.6. The molecule has 0 bridgehead atoms. The molecule has 0 spiro atoms. The summed E-state index contributed by atoms with van der Waals surface area (Å²) in [5.74, 6) is 1.30. The van der Waals surface area contributed by atoms with Crippen molar-refractivity contribution in [2.75, 3.05) is 26.4 Å². The van der Waals surface area contributed by atoms with Crippen LogP contribution in [-0.2, 0) is 23.8 Å². The molecule has 240 valence electrons. The van der Waals surface area contributed by atoms with Gasteiger partial charge in [-0.15, -0.1) is 0 Å². The van der Waals surface area contributed by atoms with Gasteiger partial charge in [0.05, 0.1) is 18.8 Å². The molecule has 7 heteroatoms. The average Bonchev–Trinajstić information content (AvgIpc) is 3.31. The second-order valence-corrected chi connectivity index (χ2v) is 11.4. The number of carbonyl (C=O) groups is 2. The third-order valence-electron chi connectivity index (χ3n) is 8.19. The van der Waals surface area contributed by atoms with Crippen LogP contribution >= 0.6 is 0 Å². The second kappa shape index (κ2) is 15.3. The maximum atomic E-state index is 13.3. The zero-order valence-corrected chi connectivity index (χ0v) is 26.3. The van der Waals surface area contributed by atoms with Gasteiger partial charge in [-0.2, -0.15) is 0 Å². The normalized spacial score (nSPS) is 14.5. The van der Waals surface area contributed by atoms with Gasteiger partial charge in [0.1, 0.15) is 30.5 Å². The van der Waals surface area contributed by atoms with E-state index in [2.05, 4.69) is 43.0 Å². The molecule has 1 heterocycles. The van der Waals surface area contributed by atoms with E-state index >= 15 is 0 Å².